The van der Waals surface area contributed by atoms with Gasteiger partial charge >= 0.3 is 11.7 Å². The zero-order valence-electron chi connectivity index (χ0n) is 10.2. The molecule has 0 aliphatic rings. The molecular formula is C13H7BrClNO5. The summed E-state index contributed by atoms with van der Waals surface area (Å²) in [5, 5.41) is 20.1. The molecule has 108 valence electrons. The van der Waals surface area contributed by atoms with Crippen molar-refractivity contribution in [3.05, 3.63) is 61.6 Å². The zero-order valence-corrected chi connectivity index (χ0v) is 12.6. The molecule has 2 aromatic carbocycles. The van der Waals surface area contributed by atoms with Crippen molar-refractivity contribution in [3.8, 4) is 11.5 Å². The molecule has 2 rings (SSSR count). The van der Waals surface area contributed by atoms with Crippen LogP contribution in [0, 0.1) is 10.1 Å². The van der Waals surface area contributed by atoms with Gasteiger partial charge in [0.2, 0.25) is 5.75 Å². The highest BCUT2D eigenvalue weighted by Crippen LogP contribution is 2.36. The molecule has 8 heteroatoms. The Hall–Kier alpha value is -2.12. The van der Waals surface area contributed by atoms with E-state index in [1.807, 2.05) is 0 Å². The van der Waals surface area contributed by atoms with Crippen LogP contribution in [0.15, 0.2) is 40.9 Å². The number of benzene rings is 2. The van der Waals surface area contributed by atoms with Crippen molar-refractivity contribution in [1.29, 1.82) is 0 Å². The Kier molecular flexibility index (Phi) is 4.44. The molecule has 0 aliphatic carbocycles. The normalized spacial score (nSPS) is 10.2. The molecule has 6 nitrogen and oxygen atoms in total. The summed E-state index contributed by atoms with van der Waals surface area (Å²) < 4.78 is 5.82. The topological polar surface area (TPSA) is 89.7 Å². The molecule has 0 aromatic heterocycles. The highest BCUT2D eigenvalue weighted by Gasteiger charge is 2.18. The van der Waals surface area contributed by atoms with Gasteiger partial charge in [0.1, 0.15) is 5.75 Å². The van der Waals surface area contributed by atoms with E-state index in [4.69, 9.17) is 21.4 Å². The molecule has 0 radical (unpaired) electrons. The average molecular weight is 373 g/mol. The van der Waals surface area contributed by atoms with Crippen LogP contribution in [0.4, 0.5) is 5.69 Å². The third-order valence-corrected chi connectivity index (χ3v) is 3.37. The van der Waals surface area contributed by atoms with Crippen LogP contribution in [0.5, 0.6) is 11.5 Å². The Bertz CT molecular complexity index is 734. The number of carboxylic acids is 1. The summed E-state index contributed by atoms with van der Waals surface area (Å²) >= 11 is 8.88. The Morgan fingerprint density at radius 2 is 1.90 bits per heavy atom. The van der Waals surface area contributed by atoms with Gasteiger partial charge in [0.15, 0.2) is 0 Å². The van der Waals surface area contributed by atoms with Crippen molar-refractivity contribution < 1.29 is 19.6 Å². The molecule has 0 bridgehead atoms. The van der Waals surface area contributed by atoms with Gasteiger partial charge in [-0.1, -0.05) is 11.6 Å². The number of hydrogen-bond donors (Lipinski definition) is 1. The summed E-state index contributed by atoms with van der Waals surface area (Å²) in [4.78, 5) is 21.2. The Balaban J connectivity index is 2.39. The Labute approximate surface area is 132 Å². The monoisotopic (exact) mass is 371 g/mol. The smallest absolute Gasteiger partial charge is 0.335 e. The minimum atomic E-state index is -1.08. The number of nitro groups is 1. The van der Waals surface area contributed by atoms with Gasteiger partial charge < -0.3 is 9.84 Å². The van der Waals surface area contributed by atoms with Crippen molar-refractivity contribution in [3.63, 3.8) is 0 Å². The molecule has 0 heterocycles. The predicted molar refractivity (Wildman–Crippen MR) is 79.3 cm³/mol. The summed E-state index contributed by atoms with van der Waals surface area (Å²) in [5.41, 5.74) is -0.212. The molecule has 0 amide bonds. The van der Waals surface area contributed by atoms with Gasteiger partial charge in [0.25, 0.3) is 0 Å². The molecule has 0 atom stereocenters. The molecule has 0 spiro atoms. The molecule has 0 unspecified atom stereocenters. The SMILES string of the molecule is O=C(O)c1ccc(Oc2ccc(Cl)cc2[N+](=O)[O-])c(Br)c1. The van der Waals surface area contributed by atoms with Crippen LogP contribution < -0.4 is 4.74 Å². The number of hydrogen-bond acceptors (Lipinski definition) is 4. The Morgan fingerprint density at radius 3 is 2.48 bits per heavy atom. The van der Waals surface area contributed by atoms with Gasteiger partial charge in [0.05, 0.1) is 15.0 Å². The van der Waals surface area contributed by atoms with Gasteiger partial charge in [-0.05, 0) is 46.3 Å². The fourth-order valence-corrected chi connectivity index (χ4v) is 2.18. The van der Waals surface area contributed by atoms with Crippen molar-refractivity contribution in [2.45, 2.75) is 0 Å². The van der Waals surface area contributed by atoms with Crippen LogP contribution in [-0.4, -0.2) is 16.0 Å². The number of aromatic carboxylic acids is 1. The second-order valence-corrected chi connectivity index (χ2v) is 5.21. The van der Waals surface area contributed by atoms with Gasteiger partial charge in [-0.15, -0.1) is 0 Å². The average Bonchev–Trinajstić information content (AvgIpc) is 2.42. The standard InChI is InChI=1S/C13H7BrClNO5/c14-9-5-7(13(17)18)1-3-11(9)21-12-4-2-8(15)6-10(12)16(19)20/h1-6H,(H,17,18). The lowest BCUT2D eigenvalue weighted by Gasteiger charge is -2.09. The van der Waals surface area contributed by atoms with Gasteiger partial charge in [-0.2, -0.15) is 0 Å². The summed E-state index contributed by atoms with van der Waals surface area (Å²) in [7, 11) is 0. The van der Waals surface area contributed by atoms with Gasteiger partial charge in [0, 0.05) is 11.1 Å². The number of nitro benzene ring substituents is 1. The zero-order chi connectivity index (χ0) is 15.6. The number of nitrogens with zero attached hydrogens (tertiary/aromatic N) is 1. The van der Waals surface area contributed by atoms with Crippen molar-refractivity contribution in [1.82, 2.24) is 0 Å². The number of halogens is 2. The quantitative estimate of drug-likeness (QED) is 0.630. The molecule has 0 saturated carbocycles. The first-order valence-corrected chi connectivity index (χ1v) is 6.70. The van der Waals surface area contributed by atoms with E-state index in [0.717, 1.165) is 0 Å². The largest absolute Gasteiger partial charge is 0.478 e. The summed E-state index contributed by atoms with van der Waals surface area (Å²) in [6.45, 7) is 0. The second-order valence-electron chi connectivity index (χ2n) is 3.92. The fraction of sp³-hybridized carbons (Fsp3) is 0. The molecule has 0 aliphatic heterocycles. The van der Waals surface area contributed by atoms with Crippen LogP contribution in [-0.2, 0) is 0 Å². The highest BCUT2D eigenvalue weighted by molar-refractivity contribution is 9.10. The first kappa shape index (κ1) is 15.3. The number of ether oxygens (including phenoxy) is 1. The fourth-order valence-electron chi connectivity index (χ4n) is 1.55. The predicted octanol–water partition coefficient (Wildman–Crippen LogP) is 4.50. The number of rotatable bonds is 4. The summed E-state index contributed by atoms with van der Waals surface area (Å²) in [5.74, 6) is -0.821. The third kappa shape index (κ3) is 3.50. The maximum Gasteiger partial charge on any atom is 0.335 e. The minimum absolute atomic E-state index is 0.00757. The summed E-state index contributed by atoms with van der Waals surface area (Å²) in [6.07, 6.45) is 0. The van der Waals surface area contributed by atoms with Crippen LogP contribution in [0.3, 0.4) is 0 Å². The molecule has 0 saturated heterocycles. The molecule has 1 N–H and O–H groups in total. The Morgan fingerprint density at radius 1 is 1.24 bits per heavy atom. The number of carboxylic acid groups (broad SMARTS) is 1. The van der Waals surface area contributed by atoms with Gasteiger partial charge in [-0.25, -0.2) is 4.79 Å². The minimum Gasteiger partial charge on any atom is -0.478 e. The lowest BCUT2D eigenvalue weighted by atomic mass is 10.2. The van der Waals surface area contributed by atoms with E-state index in [1.54, 1.807) is 0 Å². The highest BCUT2D eigenvalue weighted by atomic mass is 79.9. The lowest BCUT2D eigenvalue weighted by Crippen LogP contribution is -1.97. The van der Waals surface area contributed by atoms with E-state index in [2.05, 4.69) is 15.9 Å². The van der Waals surface area contributed by atoms with E-state index in [-0.39, 0.29) is 27.8 Å². The third-order valence-electron chi connectivity index (χ3n) is 2.52. The van der Waals surface area contributed by atoms with Crippen molar-refractivity contribution >= 4 is 39.2 Å². The second kappa shape index (κ2) is 6.11. The summed E-state index contributed by atoms with van der Waals surface area (Å²) in [6, 6.07) is 8.10. The first-order chi connectivity index (χ1) is 9.88. The van der Waals surface area contributed by atoms with E-state index in [9.17, 15) is 14.9 Å². The van der Waals surface area contributed by atoms with E-state index in [1.165, 1.54) is 36.4 Å². The molecule has 0 fully saturated rings. The van der Waals surface area contributed by atoms with Crippen LogP contribution in [0.25, 0.3) is 0 Å². The van der Waals surface area contributed by atoms with Crippen LogP contribution in [0.1, 0.15) is 10.4 Å². The maximum absolute atomic E-state index is 11.0. The van der Waals surface area contributed by atoms with Crippen molar-refractivity contribution in [2.24, 2.45) is 0 Å². The van der Waals surface area contributed by atoms with Crippen molar-refractivity contribution in [2.75, 3.05) is 0 Å². The lowest BCUT2D eigenvalue weighted by molar-refractivity contribution is -0.385. The van der Waals surface area contributed by atoms with E-state index < -0.39 is 10.9 Å². The van der Waals surface area contributed by atoms with E-state index >= 15 is 0 Å². The molecule has 2 aromatic rings. The number of carbonyl (C=O) groups is 1. The maximum atomic E-state index is 11.0. The van der Waals surface area contributed by atoms with Crippen LogP contribution in [0.2, 0.25) is 5.02 Å². The first-order valence-electron chi connectivity index (χ1n) is 5.53. The molecule has 21 heavy (non-hydrogen) atoms. The molecular weight excluding hydrogens is 366 g/mol. The van der Waals surface area contributed by atoms with Gasteiger partial charge in [-0.3, -0.25) is 10.1 Å². The van der Waals surface area contributed by atoms with Crippen LogP contribution >= 0.6 is 27.5 Å². The van der Waals surface area contributed by atoms with E-state index in [0.29, 0.717) is 4.47 Å².